The number of imidazole rings is 1. The van der Waals surface area contributed by atoms with Crippen LogP contribution in [0.3, 0.4) is 0 Å². The van der Waals surface area contributed by atoms with E-state index in [2.05, 4.69) is 31.7 Å². The fourth-order valence-corrected chi connectivity index (χ4v) is 3.43. The van der Waals surface area contributed by atoms with Crippen LogP contribution in [0.15, 0.2) is 0 Å². The van der Waals surface area contributed by atoms with Gasteiger partial charge in [0.25, 0.3) is 0 Å². The quantitative estimate of drug-likeness (QED) is 0.834. The first kappa shape index (κ1) is 15.0. The fourth-order valence-electron chi connectivity index (χ4n) is 3.43. The highest BCUT2D eigenvalue weighted by Crippen LogP contribution is 2.44. The molecular formula is C17H27N3. The molecule has 1 aliphatic carbocycles. The molecule has 3 nitrogen and oxygen atoms in total. The Kier molecular flexibility index (Phi) is 4.13. The Morgan fingerprint density at radius 1 is 1.30 bits per heavy atom. The van der Waals surface area contributed by atoms with Crippen molar-refractivity contribution in [3.63, 3.8) is 0 Å². The van der Waals surface area contributed by atoms with Gasteiger partial charge in [0.15, 0.2) is 0 Å². The Morgan fingerprint density at radius 3 is 2.40 bits per heavy atom. The summed E-state index contributed by atoms with van der Waals surface area (Å²) in [6.07, 6.45) is 10.3. The fraction of sp³-hybridized carbons (Fsp3) is 0.706. The van der Waals surface area contributed by atoms with Crippen LogP contribution in [0.5, 0.6) is 0 Å². The van der Waals surface area contributed by atoms with Crippen LogP contribution in [-0.2, 0) is 6.54 Å². The zero-order valence-electron chi connectivity index (χ0n) is 13.2. The Bertz CT molecular complexity index is 506. The molecule has 1 saturated carbocycles. The van der Waals surface area contributed by atoms with Crippen molar-refractivity contribution in [2.24, 2.45) is 11.3 Å². The van der Waals surface area contributed by atoms with Crippen LogP contribution >= 0.6 is 0 Å². The summed E-state index contributed by atoms with van der Waals surface area (Å²) in [5, 5.41) is 0. The molecule has 2 rings (SSSR count). The maximum atomic E-state index is 6.25. The van der Waals surface area contributed by atoms with Crippen LogP contribution in [0.25, 0.3) is 0 Å². The van der Waals surface area contributed by atoms with Crippen LogP contribution in [-0.4, -0.2) is 9.55 Å². The molecule has 0 bridgehead atoms. The van der Waals surface area contributed by atoms with E-state index in [1.54, 1.807) is 0 Å². The maximum absolute atomic E-state index is 6.25. The summed E-state index contributed by atoms with van der Waals surface area (Å²) in [6.45, 7) is 9.54. The SMILES string of the molecule is C#CCn1c(C)nc(C2CCC(C(C)(C)C)CC2)c1N. The summed E-state index contributed by atoms with van der Waals surface area (Å²) < 4.78 is 1.95. The van der Waals surface area contributed by atoms with Crippen molar-refractivity contribution >= 4 is 5.82 Å². The van der Waals surface area contributed by atoms with Crippen molar-refractivity contribution in [2.75, 3.05) is 5.73 Å². The van der Waals surface area contributed by atoms with Gasteiger partial charge in [0.1, 0.15) is 11.6 Å². The number of terminal acetylenes is 1. The average molecular weight is 273 g/mol. The molecule has 1 heterocycles. The van der Waals surface area contributed by atoms with Crippen molar-refractivity contribution in [1.29, 1.82) is 0 Å². The Labute approximate surface area is 123 Å². The molecule has 0 amide bonds. The normalized spacial score (nSPS) is 23.6. The van der Waals surface area contributed by atoms with Gasteiger partial charge in [0.05, 0.1) is 12.2 Å². The van der Waals surface area contributed by atoms with Gasteiger partial charge in [-0.2, -0.15) is 0 Å². The van der Waals surface area contributed by atoms with Gasteiger partial charge >= 0.3 is 0 Å². The van der Waals surface area contributed by atoms with Crippen molar-refractivity contribution in [3.05, 3.63) is 11.5 Å². The topological polar surface area (TPSA) is 43.8 Å². The Hall–Kier alpha value is -1.43. The van der Waals surface area contributed by atoms with Crippen LogP contribution in [0, 0.1) is 30.6 Å². The van der Waals surface area contributed by atoms with Gasteiger partial charge in [-0.25, -0.2) is 4.98 Å². The van der Waals surface area contributed by atoms with E-state index in [0.29, 0.717) is 17.9 Å². The number of nitrogen functional groups attached to an aromatic ring is 1. The first-order valence-corrected chi connectivity index (χ1v) is 7.60. The lowest BCUT2D eigenvalue weighted by atomic mass is 9.69. The lowest BCUT2D eigenvalue weighted by Gasteiger charge is -2.36. The second-order valence-electron chi connectivity index (χ2n) is 7.13. The van der Waals surface area contributed by atoms with Crippen molar-refractivity contribution in [2.45, 2.75) is 65.8 Å². The van der Waals surface area contributed by atoms with E-state index in [4.69, 9.17) is 12.2 Å². The minimum Gasteiger partial charge on any atom is -0.384 e. The molecule has 1 fully saturated rings. The predicted molar refractivity (Wildman–Crippen MR) is 84.4 cm³/mol. The number of nitrogens with zero attached hydrogens (tertiary/aromatic N) is 2. The van der Waals surface area contributed by atoms with Gasteiger partial charge in [0.2, 0.25) is 0 Å². The van der Waals surface area contributed by atoms with Gasteiger partial charge in [0, 0.05) is 5.92 Å². The summed E-state index contributed by atoms with van der Waals surface area (Å²) in [5.74, 6) is 5.69. The number of nitrogens with two attached hydrogens (primary N) is 1. The summed E-state index contributed by atoms with van der Waals surface area (Å²) >= 11 is 0. The molecule has 0 spiro atoms. The van der Waals surface area contributed by atoms with Crippen LogP contribution in [0.2, 0.25) is 0 Å². The standard InChI is InChI=1S/C17H27N3/c1-6-11-20-12(2)19-15(16(20)18)13-7-9-14(10-8-13)17(3,4)5/h1,13-14H,7-11,18H2,2-5H3. The van der Waals surface area contributed by atoms with E-state index in [0.717, 1.165) is 23.3 Å². The molecule has 3 heteroatoms. The largest absolute Gasteiger partial charge is 0.384 e. The monoisotopic (exact) mass is 273 g/mol. The van der Waals surface area contributed by atoms with Crippen molar-refractivity contribution < 1.29 is 0 Å². The molecule has 110 valence electrons. The molecule has 1 aliphatic rings. The molecule has 0 radical (unpaired) electrons. The summed E-state index contributed by atoms with van der Waals surface area (Å²) in [4.78, 5) is 4.68. The molecule has 2 N–H and O–H groups in total. The molecule has 0 aromatic carbocycles. The third-order valence-electron chi connectivity index (χ3n) is 4.81. The number of rotatable bonds is 2. The first-order valence-electron chi connectivity index (χ1n) is 7.60. The van der Waals surface area contributed by atoms with Gasteiger partial charge in [-0.05, 0) is 43.9 Å². The predicted octanol–water partition coefficient (Wildman–Crippen LogP) is 3.73. The molecule has 0 aliphatic heterocycles. The lowest BCUT2D eigenvalue weighted by Crippen LogP contribution is -2.25. The van der Waals surface area contributed by atoms with Gasteiger partial charge < -0.3 is 10.3 Å². The van der Waals surface area contributed by atoms with Crippen molar-refractivity contribution in [3.8, 4) is 12.3 Å². The summed E-state index contributed by atoms with van der Waals surface area (Å²) in [7, 11) is 0. The molecule has 20 heavy (non-hydrogen) atoms. The highest BCUT2D eigenvalue weighted by atomic mass is 15.1. The third kappa shape index (κ3) is 2.85. The van der Waals surface area contributed by atoms with E-state index in [-0.39, 0.29) is 0 Å². The van der Waals surface area contributed by atoms with Gasteiger partial charge in [-0.15, -0.1) is 6.42 Å². The lowest BCUT2D eigenvalue weighted by molar-refractivity contribution is 0.168. The zero-order valence-corrected chi connectivity index (χ0v) is 13.2. The molecule has 0 unspecified atom stereocenters. The van der Waals surface area contributed by atoms with Crippen LogP contribution in [0.4, 0.5) is 5.82 Å². The smallest absolute Gasteiger partial charge is 0.127 e. The number of aryl methyl sites for hydroxylation is 1. The third-order valence-corrected chi connectivity index (χ3v) is 4.81. The van der Waals surface area contributed by atoms with E-state index in [9.17, 15) is 0 Å². The number of aromatic nitrogens is 2. The molecule has 1 aromatic rings. The highest BCUT2D eigenvalue weighted by Gasteiger charge is 2.32. The van der Waals surface area contributed by atoms with Crippen molar-refractivity contribution in [1.82, 2.24) is 9.55 Å². The maximum Gasteiger partial charge on any atom is 0.127 e. The zero-order chi connectivity index (χ0) is 14.9. The highest BCUT2D eigenvalue weighted by molar-refractivity contribution is 5.41. The summed E-state index contributed by atoms with van der Waals surface area (Å²) in [6, 6.07) is 0. The first-order chi connectivity index (χ1) is 9.34. The van der Waals surface area contributed by atoms with Gasteiger partial charge in [-0.3, -0.25) is 0 Å². The van der Waals surface area contributed by atoms with Crippen LogP contribution < -0.4 is 5.73 Å². The molecular weight excluding hydrogens is 246 g/mol. The Balaban J connectivity index is 2.12. The van der Waals surface area contributed by atoms with Crippen LogP contribution in [0.1, 0.15) is 63.9 Å². The summed E-state index contributed by atoms with van der Waals surface area (Å²) in [5.41, 5.74) is 7.73. The minimum absolute atomic E-state index is 0.412. The van der Waals surface area contributed by atoms with Gasteiger partial charge in [-0.1, -0.05) is 26.7 Å². The molecule has 1 aromatic heterocycles. The number of hydrogen-bond donors (Lipinski definition) is 1. The second kappa shape index (κ2) is 5.52. The van der Waals surface area contributed by atoms with E-state index in [1.807, 2.05) is 11.5 Å². The average Bonchev–Trinajstić information content (AvgIpc) is 2.66. The number of anilines is 1. The molecule has 0 saturated heterocycles. The van der Waals surface area contributed by atoms with E-state index >= 15 is 0 Å². The van der Waals surface area contributed by atoms with E-state index in [1.165, 1.54) is 25.7 Å². The number of hydrogen-bond acceptors (Lipinski definition) is 2. The minimum atomic E-state index is 0.412. The Morgan fingerprint density at radius 2 is 1.90 bits per heavy atom. The second-order valence-corrected chi connectivity index (χ2v) is 7.13. The van der Waals surface area contributed by atoms with E-state index < -0.39 is 0 Å². The molecule has 0 atom stereocenters.